The molecule has 4 nitrogen and oxygen atoms in total. The number of piperidine rings is 1. The molecule has 0 bridgehead atoms. The first-order valence-corrected chi connectivity index (χ1v) is 7.06. The number of hydrogen-bond donors (Lipinski definition) is 1. The number of carbonyl (C=O) groups excluding carboxylic acids is 1. The molecule has 0 aromatic carbocycles. The summed E-state index contributed by atoms with van der Waals surface area (Å²) in [6.07, 6.45) is 3.72. The van der Waals surface area contributed by atoms with Crippen LogP contribution in [0.2, 0.25) is 0 Å². The highest BCUT2D eigenvalue weighted by Crippen LogP contribution is 2.24. The number of nitrogens with one attached hydrogen (secondary N) is 1. The maximum absolute atomic E-state index is 12.1. The summed E-state index contributed by atoms with van der Waals surface area (Å²) >= 11 is 0. The lowest BCUT2D eigenvalue weighted by atomic mass is 9.93. The van der Waals surface area contributed by atoms with Crippen LogP contribution >= 0.6 is 0 Å². The van der Waals surface area contributed by atoms with Crippen molar-refractivity contribution in [3.8, 4) is 0 Å². The van der Waals surface area contributed by atoms with Gasteiger partial charge in [0.1, 0.15) is 5.54 Å². The molecule has 0 spiro atoms. The molecule has 106 valence electrons. The van der Waals surface area contributed by atoms with Gasteiger partial charge in [0.25, 0.3) is 0 Å². The highest BCUT2D eigenvalue weighted by Gasteiger charge is 2.38. The van der Waals surface area contributed by atoms with Gasteiger partial charge in [-0.25, -0.2) is 0 Å². The molecule has 1 aliphatic rings. The molecule has 1 unspecified atom stereocenters. The molecule has 0 amide bonds. The Balaban J connectivity index is 2.74. The van der Waals surface area contributed by atoms with Crippen molar-refractivity contribution in [2.45, 2.75) is 64.6 Å². The van der Waals surface area contributed by atoms with Crippen molar-refractivity contribution in [1.82, 2.24) is 10.2 Å². The SMILES string of the molecule is CCOC(=O)C(C)(CN1[C@H](C)CCC[C@@H]1C)NC. The molecule has 1 fully saturated rings. The van der Waals surface area contributed by atoms with E-state index in [1.54, 1.807) is 0 Å². The van der Waals surface area contributed by atoms with Crippen LogP contribution in [-0.2, 0) is 9.53 Å². The first-order chi connectivity index (χ1) is 8.44. The molecule has 4 heteroatoms. The zero-order valence-corrected chi connectivity index (χ0v) is 12.5. The average Bonchev–Trinajstić information content (AvgIpc) is 2.34. The van der Waals surface area contributed by atoms with E-state index in [0.717, 1.165) is 0 Å². The third-order valence-corrected chi connectivity index (χ3v) is 4.15. The van der Waals surface area contributed by atoms with Crippen LogP contribution in [0.1, 0.15) is 47.0 Å². The van der Waals surface area contributed by atoms with Gasteiger partial charge in [0, 0.05) is 18.6 Å². The third-order valence-electron chi connectivity index (χ3n) is 4.15. The molecule has 1 N–H and O–H groups in total. The second kappa shape index (κ2) is 6.53. The van der Waals surface area contributed by atoms with Gasteiger partial charge in [-0.3, -0.25) is 9.69 Å². The Labute approximate surface area is 111 Å². The number of rotatable bonds is 5. The molecule has 0 radical (unpaired) electrons. The van der Waals surface area contributed by atoms with Gasteiger partial charge < -0.3 is 10.1 Å². The minimum atomic E-state index is -0.615. The Morgan fingerprint density at radius 3 is 2.39 bits per heavy atom. The Bertz CT molecular complexity index is 273. The summed E-state index contributed by atoms with van der Waals surface area (Å²) < 4.78 is 5.18. The van der Waals surface area contributed by atoms with E-state index in [9.17, 15) is 4.79 Å². The average molecular weight is 256 g/mol. The van der Waals surface area contributed by atoms with Crippen LogP contribution in [0.15, 0.2) is 0 Å². The highest BCUT2D eigenvalue weighted by atomic mass is 16.5. The molecule has 3 atom stereocenters. The van der Waals surface area contributed by atoms with Crippen LogP contribution in [-0.4, -0.2) is 48.7 Å². The van der Waals surface area contributed by atoms with Gasteiger partial charge in [-0.2, -0.15) is 0 Å². The maximum Gasteiger partial charge on any atom is 0.327 e. The number of nitrogens with zero attached hydrogens (tertiary/aromatic N) is 1. The van der Waals surface area contributed by atoms with E-state index in [4.69, 9.17) is 4.74 Å². The molecule has 1 rings (SSSR count). The van der Waals surface area contributed by atoms with Gasteiger partial charge in [0.05, 0.1) is 6.61 Å². The van der Waals surface area contributed by atoms with E-state index < -0.39 is 5.54 Å². The monoisotopic (exact) mass is 256 g/mol. The van der Waals surface area contributed by atoms with E-state index in [2.05, 4.69) is 24.1 Å². The normalized spacial score (nSPS) is 28.7. The third kappa shape index (κ3) is 3.45. The van der Waals surface area contributed by atoms with Gasteiger partial charge in [0.15, 0.2) is 0 Å². The lowest BCUT2D eigenvalue weighted by molar-refractivity contribution is -0.151. The lowest BCUT2D eigenvalue weighted by Gasteiger charge is -2.43. The summed E-state index contributed by atoms with van der Waals surface area (Å²) in [7, 11) is 1.83. The number of likely N-dealkylation sites (N-methyl/N-ethyl adjacent to an activating group) is 1. The van der Waals surface area contributed by atoms with Crippen molar-refractivity contribution in [3.63, 3.8) is 0 Å². The van der Waals surface area contributed by atoms with E-state index in [0.29, 0.717) is 25.2 Å². The van der Waals surface area contributed by atoms with Crippen molar-refractivity contribution in [1.29, 1.82) is 0 Å². The zero-order valence-electron chi connectivity index (χ0n) is 12.5. The predicted octanol–water partition coefficient (Wildman–Crippen LogP) is 1.79. The summed E-state index contributed by atoms with van der Waals surface area (Å²) in [6, 6.07) is 1.08. The first kappa shape index (κ1) is 15.4. The molecule has 1 heterocycles. The van der Waals surface area contributed by atoms with Crippen LogP contribution in [0.3, 0.4) is 0 Å². The Morgan fingerprint density at radius 1 is 1.39 bits per heavy atom. The smallest absolute Gasteiger partial charge is 0.327 e. The van der Waals surface area contributed by atoms with Crippen molar-refractivity contribution >= 4 is 5.97 Å². The largest absolute Gasteiger partial charge is 0.465 e. The molecule has 0 aromatic heterocycles. The van der Waals surface area contributed by atoms with E-state index in [1.807, 2.05) is 20.9 Å². The fourth-order valence-corrected chi connectivity index (χ4v) is 2.69. The Kier molecular flexibility index (Phi) is 5.60. The topological polar surface area (TPSA) is 41.6 Å². The minimum absolute atomic E-state index is 0.155. The van der Waals surface area contributed by atoms with E-state index >= 15 is 0 Å². The summed E-state index contributed by atoms with van der Waals surface area (Å²) in [4.78, 5) is 14.5. The molecule has 1 saturated heterocycles. The maximum atomic E-state index is 12.1. The molecule has 0 aromatic rings. The summed E-state index contributed by atoms with van der Waals surface area (Å²) in [5.74, 6) is -0.155. The number of esters is 1. The number of ether oxygens (including phenoxy) is 1. The Hall–Kier alpha value is -0.610. The quantitative estimate of drug-likeness (QED) is 0.762. The van der Waals surface area contributed by atoms with Gasteiger partial charge in [-0.05, 0) is 47.6 Å². The van der Waals surface area contributed by atoms with Crippen LogP contribution in [0.4, 0.5) is 0 Å². The second-order valence-corrected chi connectivity index (χ2v) is 5.60. The first-order valence-electron chi connectivity index (χ1n) is 7.06. The molecular formula is C14H28N2O2. The van der Waals surface area contributed by atoms with Crippen LogP contribution in [0.25, 0.3) is 0 Å². The minimum Gasteiger partial charge on any atom is -0.465 e. The Morgan fingerprint density at radius 2 is 1.94 bits per heavy atom. The lowest BCUT2D eigenvalue weighted by Crippen LogP contribution is -2.60. The molecular weight excluding hydrogens is 228 g/mol. The second-order valence-electron chi connectivity index (χ2n) is 5.60. The summed E-state index contributed by atoms with van der Waals surface area (Å²) in [5.41, 5.74) is -0.615. The predicted molar refractivity (Wildman–Crippen MR) is 73.6 cm³/mol. The van der Waals surface area contributed by atoms with Gasteiger partial charge in [0.2, 0.25) is 0 Å². The zero-order chi connectivity index (χ0) is 13.8. The van der Waals surface area contributed by atoms with Crippen molar-refractivity contribution in [2.24, 2.45) is 0 Å². The summed E-state index contributed by atoms with van der Waals surface area (Å²) in [5, 5.41) is 3.14. The van der Waals surface area contributed by atoms with Gasteiger partial charge >= 0.3 is 5.97 Å². The standard InChI is InChI=1S/C14H28N2O2/c1-6-18-13(17)14(4,15-5)10-16-11(2)8-7-9-12(16)3/h11-12,15H,6-10H2,1-5H3/t11-,12+,14?. The van der Waals surface area contributed by atoms with Crippen molar-refractivity contribution < 1.29 is 9.53 Å². The number of hydrogen-bond acceptors (Lipinski definition) is 4. The molecule has 0 aliphatic carbocycles. The van der Waals surface area contributed by atoms with E-state index in [-0.39, 0.29) is 5.97 Å². The number of carbonyl (C=O) groups is 1. The summed E-state index contributed by atoms with van der Waals surface area (Å²) in [6.45, 7) is 9.42. The van der Waals surface area contributed by atoms with E-state index in [1.165, 1.54) is 19.3 Å². The fraction of sp³-hybridized carbons (Fsp3) is 0.929. The van der Waals surface area contributed by atoms with Crippen LogP contribution in [0.5, 0.6) is 0 Å². The van der Waals surface area contributed by atoms with Gasteiger partial charge in [-0.15, -0.1) is 0 Å². The molecule has 1 aliphatic heterocycles. The molecule has 18 heavy (non-hydrogen) atoms. The fourth-order valence-electron chi connectivity index (χ4n) is 2.69. The number of likely N-dealkylation sites (tertiary alicyclic amines) is 1. The highest BCUT2D eigenvalue weighted by molar-refractivity contribution is 5.80. The van der Waals surface area contributed by atoms with Crippen molar-refractivity contribution in [2.75, 3.05) is 20.2 Å². The van der Waals surface area contributed by atoms with Crippen LogP contribution < -0.4 is 5.32 Å². The van der Waals surface area contributed by atoms with Crippen LogP contribution in [0, 0.1) is 0 Å². The molecule has 0 saturated carbocycles. The van der Waals surface area contributed by atoms with Crippen molar-refractivity contribution in [3.05, 3.63) is 0 Å². The van der Waals surface area contributed by atoms with Gasteiger partial charge in [-0.1, -0.05) is 6.42 Å².